The van der Waals surface area contributed by atoms with Crippen LogP contribution in [0.1, 0.15) is 12.0 Å². The number of rotatable bonds is 7. The van der Waals surface area contributed by atoms with Crippen LogP contribution in [0.25, 0.3) is 0 Å². The molecule has 0 aromatic heterocycles. The van der Waals surface area contributed by atoms with Crippen LogP contribution in [0.2, 0.25) is 0 Å². The highest BCUT2D eigenvalue weighted by atomic mass is 15.1. The van der Waals surface area contributed by atoms with Gasteiger partial charge in [0.25, 0.3) is 0 Å². The molecule has 0 spiro atoms. The van der Waals surface area contributed by atoms with E-state index in [2.05, 4.69) is 53.9 Å². The van der Waals surface area contributed by atoms with Gasteiger partial charge in [-0.3, -0.25) is 0 Å². The van der Waals surface area contributed by atoms with Crippen LogP contribution in [0.3, 0.4) is 0 Å². The molecule has 0 aliphatic rings. The molecule has 0 saturated heterocycles. The van der Waals surface area contributed by atoms with Crippen molar-refractivity contribution in [2.45, 2.75) is 13.0 Å². The molecule has 2 aromatic rings. The third-order valence-corrected chi connectivity index (χ3v) is 3.48. The van der Waals surface area contributed by atoms with Crippen LogP contribution in [-0.4, -0.2) is 6.54 Å². The van der Waals surface area contributed by atoms with E-state index in [9.17, 15) is 0 Å². The minimum absolute atomic E-state index is 0.180. The zero-order valence-electron chi connectivity index (χ0n) is 12.2. The van der Waals surface area contributed by atoms with Gasteiger partial charge < -0.3 is 4.90 Å². The van der Waals surface area contributed by atoms with Gasteiger partial charge in [-0.1, -0.05) is 54.6 Å². The third kappa shape index (κ3) is 4.50. The molecule has 0 aliphatic carbocycles. The topological polar surface area (TPSA) is 27.0 Å². The average molecular weight is 276 g/mol. The largest absolute Gasteiger partial charge is 0.367 e. The van der Waals surface area contributed by atoms with Crippen LogP contribution >= 0.6 is 0 Å². The predicted octanol–water partition coefficient (Wildman–Crippen LogP) is 4.41. The van der Waals surface area contributed by atoms with Crippen LogP contribution in [0, 0.1) is 17.2 Å². The number of benzene rings is 2. The number of anilines is 1. The normalized spacial score (nSPS) is 11.4. The van der Waals surface area contributed by atoms with E-state index < -0.39 is 0 Å². The molecule has 1 atom stereocenters. The minimum atomic E-state index is 0.180. The van der Waals surface area contributed by atoms with Crippen molar-refractivity contribution in [2.75, 3.05) is 11.4 Å². The van der Waals surface area contributed by atoms with Gasteiger partial charge in [-0.05, 0) is 17.7 Å². The molecule has 0 fully saturated rings. The van der Waals surface area contributed by atoms with Crippen molar-refractivity contribution in [1.82, 2.24) is 0 Å². The maximum Gasteiger partial charge on any atom is 0.0628 e. The Morgan fingerprint density at radius 2 is 1.67 bits per heavy atom. The van der Waals surface area contributed by atoms with E-state index in [1.54, 1.807) is 0 Å². The summed E-state index contributed by atoms with van der Waals surface area (Å²) in [6.45, 7) is 5.49. The Morgan fingerprint density at radius 3 is 2.24 bits per heavy atom. The highest BCUT2D eigenvalue weighted by Crippen LogP contribution is 2.19. The fraction of sp³-hybridized carbons (Fsp3) is 0.211. The molecular weight excluding hydrogens is 256 g/mol. The number of para-hydroxylation sites is 1. The first-order chi connectivity index (χ1) is 10.3. The first-order valence-corrected chi connectivity index (χ1v) is 7.17. The maximum absolute atomic E-state index is 8.92. The summed E-state index contributed by atoms with van der Waals surface area (Å²) in [5.74, 6) is 0.180. The fourth-order valence-corrected chi connectivity index (χ4v) is 2.33. The van der Waals surface area contributed by atoms with Crippen molar-refractivity contribution < 1.29 is 0 Å². The Kier molecular flexibility index (Phi) is 5.60. The molecule has 0 aliphatic heterocycles. The van der Waals surface area contributed by atoms with E-state index in [4.69, 9.17) is 5.26 Å². The summed E-state index contributed by atoms with van der Waals surface area (Å²) in [6.07, 6.45) is 2.38. The zero-order chi connectivity index (χ0) is 14.9. The van der Waals surface area contributed by atoms with Crippen molar-refractivity contribution >= 4 is 5.69 Å². The Balaban J connectivity index is 2.18. The second-order valence-electron chi connectivity index (χ2n) is 5.06. The second kappa shape index (κ2) is 7.91. The van der Waals surface area contributed by atoms with Gasteiger partial charge in [-0.25, -0.2) is 0 Å². The Hall–Kier alpha value is -2.53. The Morgan fingerprint density at radius 1 is 1.05 bits per heavy atom. The predicted molar refractivity (Wildman–Crippen MR) is 87.9 cm³/mol. The maximum atomic E-state index is 8.92. The molecule has 0 amide bonds. The van der Waals surface area contributed by atoms with Crippen molar-refractivity contribution in [3.63, 3.8) is 0 Å². The summed E-state index contributed by atoms with van der Waals surface area (Å²) < 4.78 is 0. The molecule has 0 radical (unpaired) electrons. The average Bonchev–Trinajstić information content (AvgIpc) is 2.55. The van der Waals surface area contributed by atoms with E-state index in [0.29, 0.717) is 6.42 Å². The lowest BCUT2D eigenvalue weighted by molar-refractivity contribution is 0.625. The molecule has 106 valence electrons. The van der Waals surface area contributed by atoms with E-state index in [1.807, 2.05) is 30.3 Å². The van der Waals surface area contributed by atoms with Crippen LogP contribution in [0.4, 0.5) is 5.69 Å². The first-order valence-electron chi connectivity index (χ1n) is 7.17. The smallest absolute Gasteiger partial charge is 0.0628 e. The molecule has 2 aromatic carbocycles. The number of hydrogen-bond donors (Lipinski definition) is 0. The molecule has 0 N–H and O–H groups in total. The molecule has 2 nitrogen and oxygen atoms in total. The molecular formula is C19H20N2. The number of nitriles is 1. The monoisotopic (exact) mass is 276 g/mol. The van der Waals surface area contributed by atoms with Gasteiger partial charge >= 0.3 is 0 Å². The second-order valence-corrected chi connectivity index (χ2v) is 5.06. The van der Waals surface area contributed by atoms with E-state index in [1.165, 1.54) is 11.3 Å². The summed E-state index contributed by atoms with van der Waals surface area (Å²) in [5.41, 5.74) is 2.44. The van der Waals surface area contributed by atoms with Crippen molar-refractivity contribution in [3.05, 3.63) is 78.9 Å². The van der Waals surface area contributed by atoms with Crippen LogP contribution < -0.4 is 4.90 Å². The number of nitrogens with zero attached hydrogens (tertiary/aromatic N) is 2. The highest BCUT2D eigenvalue weighted by molar-refractivity contribution is 5.47. The standard InChI is InChI=1S/C19H20N2/c1-2-17(13-14-20)15-21(19-11-7-4-8-12-19)16-18-9-5-3-6-10-18/h2-12,17H,1,13,15-16H2. The highest BCUT2D eigenvalue weighted by Gasteiger charge is 2.12. The lowest BCUT2D eigenvalue weighted by Crippen LogP contribution is -2.28. The first kappa shape index (κ1) is 14.9. The van der Waals surface area contributed by atoms with Crippen molar-refractivity contribution in [3.8, 4) is 6.07 Å². The van der Waals surface area contributed by atoms with Gasteiger partial charge in [0.2, 0.25) is 0 Å². The third-order valence-electron chi connectivity index (χ3n) is 3.48. The van der Waals surface area contributed by atoms with Gasteiger partial charge in [0.05, 0.1) is 6.07 Å². The summed E-state index contributed by atoms with van der Waals surface area (Å²) in [7, 11) is 0. The Labute approximate surface area is 127 Å². The van der Waals surface area contributed by atoms with Gasteiger partial charge in [-0.15, -0.1) is 6.58 Å². The van der Waals surface area contributed by atoms with Crippen LogP contribution in [-0.2, 0) is 6.54 Å². The molecule has 0 heterocycles. The molecule has 1 unspecified atom stereocenters. The van der Waals surface area contributed by atoms with Crippen LogP contribution in [0.15, 0.2) is 73.3 Å². The summed E-state index contributed by atoms with van der Waals surface area (Å²) in [6, 6.07) is 22.9. The summed E-state index contributed by atoms with van der Waals surface area (Å²) in [5, 5.41) is 8.92. The molecule has 0 bridgehead atoms. The van der Waals surface area contributed by atoms with Crippen LogP contribution in [0.5, 0.6) is 0 Å². The quantitative estimate of drug-likeness (QED) is 0.700. The van der Waals surface area contributed by atoms with E-state index in [0.717, 1.165) is 13.1 Å². The van der Waals surface area contributed by atoms with Gasteiger partial charge in [0, 0.05) is 31.1 Å². The number of hydrogen-bond acceptors (Lipinski definition) is 2. The fourth-order valence-electron chi connectivity index (χ4n) is 2.33. The summed E-state index contributed by atoms with van der Waals surface area (Å²) in [4.78, 5) is 2.30. The van der Waals surface area contributed by atoms with Gasteiger partial charge in [0.15, 0.2) is 0 Å². The van der Waals surface area contributed by atoms with E-state index >= 15 is 0 Å². The zero-order valence-corrected chi connectivity index (χ0v) is 12.2. The lowest BCUT2D eigenvalue weighted by Gasteiger charge is -2.27. The molecule has 2 rings (SSSR count). The van der Waals surface area contributed by atoms with E-state index in [-0.39, 0.29) is 5.92 Å². The lowest BCUT2D eigenvalue weighted by atomic mass is 10.0. The van der Waals surface area contributed by atoms with Gasteiger partial charge in [0.1, 0.15) is 0 Å². The SMILES string of the molecule is C=CC(CC#N)CN(Cc1ccccc1)c1ccccc1. The Bertz CT molecular complexity index is 584. The molecule has 2 heteroatoms. The van der Waals surface area contributed by atoms with Crippen molar-refractivity contribution in [1.29, 1.82) is 5.26 Å². The van der Waals surface area contributed by atoms with Gasteiger partial charge in [-0.2, -0.15) is 5.26 Å². The summed E-state index contributed by atoms with van der Waals surface area (Å²) >= 11 is 0. The minimum Gasteiger partial charge on any atom is -0.367 e. The molecule has 0 saturated carbocycles. The van der Waals surface area contributed by atoms with Crippen molar-refractivity contribution in [2.24, 2.45) is 5.92 Å². The molecule has 21 heavy (non-hydrogen) atoms.